The minimum atomic E-state index is -3.34. The highest BCUT2D eigenvalue weighted by atomic mass is 35.5. The van der Waals surface area contributed by atoms with Gasteiger partial charge < -0.3 is 0 Å². The molecule has 0 radical (unpaired) electrons. The Morgan fingerprint density at radius 2 is 0.929 bits per heavy atom. The van der Waals surface area contributed by atoms with Gasteiger partial charge in [-0.1, -0.05) is 0 Å². The highest BCUT2D eigenvalue weighted by Crippen LogP contribution is 1.98. The van der Waals surface area contributed by atoms with Gasteiger partial charge in [-0.2, -0.15) is 0 Å². The lowest BCUT2D eigenvalue weighted by Gasteiger charge is -2.02. The van der Waals surface area contributed by atoms with Crippen LogP contribution in [-0.4, -0.2) is 51.6 Å². The Morgan fingerprint density at radius 3 is 1.14 bits per heavy atom. The smallest absolute Gasteiger partial charge is 0.152 e. The molecule has 0 fully saturated rings. The van der Waals surface area contributed by atoms with E-state index in [0.29, 0.717) is 0 Å². The molecule has 4 nitrogen and oxygen atoms in total. The molecule has 0 rings (SSSR count). The summed E-state index contributed by atoms with van der Waals surface area (Å²) in [4.78, 5) is 0. The van der Waals surface area contributed by atoms with E-state index >= 15 is 0 Å². The van der Waals surface area contributed by atoms with Crippen LogP contribution in [0.3, 0.4) is 0 Å². The average Bonchev–Trinajstić information content (AvgIpc) is 2.01. The second-order valence-electron chi connectivity index (χ2n) is 2.68. The van der Waals surface area contributed by atoms with Gasteiger partial charge in [-0.15, -0.1) is 23.2 Å². The van der Waals surface area contributed by atoms with Crippen molar-refractivity contribution in [2.24, 2.45) is 0 Å². The van der Waals surface area contributed by atoms with Crippen molar-refractivity contribution in [2.75, 3.05) is 34.8 Å². The molecule has 0 bridgehead atoms. The van der Waals surface area contributed by atoms with Gasteiger partial charge >= 0.3 is 0 Å². The number of rotatable bonds is 7. The highest BCUT2D eigenvalue weighted by molar-refractivity contribution is 7.95. The fourth-order valence-corrected chi connectivity index (χ4v) is 5.01. The SMILES string of the molecule is O=S(=O)(CCCl)CCS(=O)(=O)CCCl. The van der Waals surface area contributed by atoms with Crippen molar-refractivity contribution < 1.29 is 16.8 Å². The van der Waals surface area contributed by atoms with Crippen LogP contribution in [-0.2, 0) is 19.7 Å². The zero-order valence-electron chi connectivity index (χ0n) is 7.45. The van der Waals surface area contributed by atoms with Gasteiger partial charge in [0.15, 0.2) is 19.7 Å². The van der Waals surface area contributed by atoms with Gasteiger partial charge in [-0.25, -0.2) is 16.8 Å². The molecule has 0 aliphatic carbocycles. The van der Waals surface area contributed by atoms with Crippen molar-refractivity contribution in [3.63, 3.8) is 0 Å². The largest absolute Gasteiger partial charge is 0.229 e. The maximum Gasteiger partial charge on any atom is 0.152 e. The van der Waals surface area contributed by atoms with Crippen molar-refractivity contribution in [1.82, 2.24) is 0 Å². The minimum Gasteiger partial charge on any atom is -0.229 e. The summed E-state index contributed by atoms with van der Waals surface area (Å²) in [6, 6.07) is 0. The predicted octanol–water partition coefficient (Wildman–Crippen LogP) is 0.294. The standard InChI is InChI=1S/C6H12Cl2O4S2/c7-1-3-13(9,10)5-6-14(11,12)4-2-8/h1-6H2. The van der Waals surface area contributed by atoms with E-state index in [1.54, 1.807) is 0 Å². The van der Waals surface area contributed by atoms with Gasteiger partial charge in [-0.05, 0) is 0 Å². The minimum absolute atomic E-state index is 0.0160. The van der Waals surface area contributed by atoms with Gasteiger partial charge in [0.2, 0.25) is 0 Å². The van der Waals surface area contributed by atoms with Crippen LogP contribution in [0.15, 0.2) is 0 Å². The van der Waals surface area contributed by atoms with Gasteiger partial charge in [0.1, 0.15) is 0 Å². The third-order valence-electron chi connectivity index (χ3n) is 1.48. The topological polar surface area (TPSA) is 68.3 Å². The van der Waals surface area contributed by atoms with Crippen LogP contribution in [0.25, 0.3) is 0 Å². The van der Waals surface area contributed by atoms with Crippen molar-refractivity contribution in [3.05, 3.63) is 0 Å². The van der Waals surface area contributed by atoms with E-state index in [4.69, 9.17) is 23.2 Å². The van der Waals surface area contributed by atoms with E-state index in [2.05, 4.69) is 0 Å². The summed E-state index contributed by atoms with van der Waals surface area (Å²) in [6.45, 7) is 0. The lowest BCUT2D eigenvalue weighted by Crippen LogP contribution is -2.22. The van der Waals surface area contributed by atoms with Gasteiger partial charge in [0, 0.05) is 11.8 Å². The fourth-order valence-electron chi connectivity index (χ4n) is 0.693. The van der Waals surface area contributed by atoms with E-state index in [-0.39, 0.29) is 34.8 Å². The molecule has 0 saturated carbocycles. The first-order valence-corrected chi connectivity index (χ1v) is 8.57. The van der Waals surface area contributed by atoms with Crippen LogP contribution >= 0.6 is 23.2 Å². The summed E-state index contributed by atoms with van der Waals surface area (Å²) in [5.74, 6) is -1.16. The Bertz CT molecular complexity index is 310. The molecule has 0 amide bonds. The Morgan fingerprint density at radius 1 is 0.643 bits per heavy atom. The maximum atomic E-state index is 11.1. The molecule has 0 unspecified atom stereocenters. The van der Waals surface area contributed by atoms with Crippen molar-refractivity contribution in [2.45, 2.75) is 0 Å². The summed E-state index contributed by atoms with van der Waals surface area (Å²) in [5.41, 5.74) is 0. The zero-order valence-corrected chi connectivity index (χ0v) is 10.6. The molecule has 0 atom stereocenters. The molecule has 86 valence electrons. The van der Waals surface area contributed by atoms with Gasteiger partial charge in [0.05, 0.1) is 23.0 Å². The van der Waals surface area contributed by atoms with Crippen LogP contribution < -0.4 is 0 Å². The first-order valence-electron chi connectivity index (χ1n) is 3.86. The molecular formula is C6H12Cl2O4S2. The number of sulfone groups is 2. The molecule has 0 heterocycles. The first kappa shape index (κ1) is 14.5. The van der Waals surface area contributed by atoms with Crippen molar-refractivity contribution >= 4 is 42.9 Å². The van der Waals surface area contributed by atoms with E-state index < -0.39 is 19.7 Å². The third-order valence-corrected chi connectivity index (χ3v) is 5.87. The average molecular weight is 283 g/mol. The number of halogens is 2. The zero-order chi connectivity index (χ0) is 11.2. The Hall–Kier alpha value is 0.480. The normalized spacial score (nSPS) is 13.0. The molecule has 0 N–H and O–H groups in total. The lowest BCUT2D eigenvalue weighted by atomic mass is 10.9. The molecular weight excluding hydrogens is 271 g/mol. The second kappa shape index (κ2) is 6.15. The molecule has 0 saturated heterocycles. The lowest BCUT2D eigenvalue weighted by molar-refractivity contribution is 0.589. The van der Waals surface area contributed by atoms with Crippen LogP contribution in [0, 0.1) is 0 Å². The Kier molecular flexibility index (Phi) is 6.36. The molecule has 0 aliphatic rings. The number of hydrogen-bond donors (Lipinski definition) is 0. The van der Waals surface area contributed by atoms with Crippen molar-refractivity contribution in [1.29, 1.82) is 0 Å². The molecule has 0 aromatic heterocycles. The Labute approximate surface area is 94.4 Å². The van der Waals surface area contributed by atoms with Crippen LogP contribution in [0.5, 0.6) is 0 Å². The van der Waals surface area contributed by atoms with Gasteiger partial charge in [-0.3, -0.25) is 0 Å². The number of alkyl halides is 2. The molecule has 0 aromatic carbocycles. The summed E-state index contributed by atoms with van der Waals surface area (Å²) < 4.78 is 44.4. The third kappa shape index (κ3) is 6.86. The first-order chi connectivity index (χ1) is 6.33. The van der Waals surface area contributed by atoms with Crippen LogP contribution in [0.2, 0.25) is 0 Å². The molecule has 14 heavy (non-hydrogen) atoms. The molecule has 8 heteroatoms. The predicted molar refractivity (Wildman–Crippen MR) is 58.7 cm³/mol. The Balaban J connectivity index is 4.19. The van der Waals surface area contributed by atoms with E-state index in [0.717, 1.165) is 0 Å². The summed E-state index contributed by atoms with van der Waals surface area (Å²) in [7, 11) is -6.67. The summed E-state index contributed by atoms with van der Waals surface area (Å²) in [6.07, 6.45) is 0. The summed E-state index contributed by atoms with van der Waals surface area (Å²) >= 11 is 10.5. The summed E-state index contributed by atoms with van der Waals surface area (Å²) in [5, 5.41) is 0. The van der Waals surface area contributed by atoms with Gasteiger partial charge in [0.25, 0.3) is 0 Å². The van der Waals surface area contributed by atoms with E-state index in [1.165, 1.54) is 0 Å². The van der Waals surface area contributed by atoms with E-state index in [1.807, 2.05) is 0 Å². The number of hydrogen-bond acceptors (Lipinski definition) is 4. The molecule has 0 aliphatic heterocycles. The highest BCUT2D eigenvalue weighted by Gasteiger charge is 2.16. The van der Waals surface area contributed by atoms with Crippen LogP contribution in [0.4, 0.5) is 0 Å². The van der Waals surface area contributed by atoms with Crippen molar-refractivity contribution in [3.8, 4) is 0 Å². The molecule has 0 aromatic rings. The van der Waals surface area contributed by atoms with Crippen LogP contribution in [0.1, 0.15) is 0 Å². The molecule has 0 spiro atoms. The quantitative estimate of drug-likeness (QED) is 0.630. The second-order valence-corrected chi connectivity index (χ2v) is 8.04. The van der Waals surface area contributed by atoms with E-state index in [9.17, 15) is 16.8 Å². The maximum absolute atomic E-state index is 11.1. The monoisotopic (exact) mass is 282 g/mol. The fraction of sp³-hybridized carbons (Fsp3) is 1.00.